The summed E-state index contributed by atoms with van der Waals surface area (Å²) in [6, 6.07) is 31.4. The Labute approximate surface area is 213 Å². The van der Waals surface area contributed by atoms with Gasteiger partial charge in [-0.2, -0.15) is 0 Å². The molecule has 1 aromatic heterocycles. The Kier molecular flexibility index (Phi) is 7.74. The second-order valence-corrected chi connectivity index (χ2v) is 9.83. The number of aliphatic imine (C=N–C) groups is 1. The van der Waals surface area contributed by atoms with E-state index in [1.54, 1.807) is 0 Å². The predicted octanol–water partition coefficient (Wildman–Crippen LogP) is 6.85. The molecule has 4 aromatic rings. The summed E-state index contributed by atoms with van der Waals surface area (Å²) >= 11 is 0. The zero-order chi connectivity index (χ0) is 25.5. The van der Waals surface area contributed by atoms with Crippen LogP contribution in [0, 0.1) is 6.92 Å². The lowest BCUT2D eigenvalue weighted by Gasteiger charge is -2.23. The number of hydrogen-bond acceptors (Lipinski definition) is 4. The molecule has 4 nitrogen and oxygen atoms in total. The van der Waals surface area contributed by atoms with Crippen molar-refractivity contribution in [3.63, 3.8) is 0 Å². The number of carbonyl (C=O) groups excluding carboxylic acids is 1. The van der Waals surface area contributed by atoms with Crippen molar-refractivity contribution >= 4 is 11.7 Å². The van der Waals surface area contributed by atoms with Crippen LogP contribution in [0.25, 0.3) is 11.3 Å². The van der Waals surface area contributed by atoms with Crippen LogP contribution in [0.1, 0.15) is 43.0 Å². The van der Waals surface area contributed by atoms with Gasteiger partial charge >= 0.3 is 5.97 Å². The predicted molar refractivity (Wildman–Crippen MR) is 146 cm³/mol. The standard InChI is InChI=1S/C32H32N2O2/c1-23-13-11-12-18-27(23)28-20-19-24(22-33-28)21-29(31(35)36-32(2,3)4)34-30(25-14-7-5-8-15-25)26-16-9-6-10-17-26/h5-20,22,29H,21H2,1-4H3/t29-/m0/s1. The molecule has 36 heavy (non-hydrogen) atoms. The summed E-state index contributed by atoms with van der Waals surface area (Å²) in [5, 5.41) is 0. The van der Waals surface area contributed by atoms with E-state index in [2.05, 4.69) is 19.1 Å². The fraction of sp³-hybridized carbons (Fsp3) is 0.219. The van der Waals surface area contributed by atoms with Crippen LogP contribution in [-0.4, -0.2) is 28.3 Å². The van der Waals surface area contributed by atoms with Crippen molar-refractivity contribution < 1.29 is 9.53 Å². The summed E-state index contributed by atoms with van der Waals surface area (Å²) in [6.45, 7) is 7.70. The maximum Gasteiger partial charge on any atom is 0.331 e. The molecule has 0 fully saturated rings. The molecule has 4 heteroatoms. The maximum absolute atomic E-state index is 13.3. The number of ether oxygens (including phenoxy) is 1. The van der Waals surface area contributed by atoms with Crippen LogP contribution in [0.15, 0.2) is 108 Å². The minimum Gasteiger partial charge on any atom is -0.458 e. The lowest BCUT2D eigenvalue weighted by molar-refractivity contribution is -0.156. The van der Waals surface area contributed by atoms with Gasteiger partial charge in [-0.15, -0.1) is 0 Å². The second-order valence-electron chi connectivity index (χ2n) is 9.83. The highest BCUT2D eigenvalue weighted by atomic mass is 16.6. The molecule has 0 bridgehead atoms. The average molecular weight is 477 g/mol. The fourth-order valence-electron chi connectivity index (χ4n) is 4.00. The van der Waals surface area contributed by atoms with Crippen LogP contribution in [0.5, 0.6) is 0 Å². The molecule has 0 aliphatic rings. The molecule has 0 saturated carbocycles. The van der Waals surface area contributed by atoms with E-state index in [4.69, 9.17) is 14.7 Å². The van der Waals surface area contributed by atoms with E-state index in [0.29, 0.717) is 6.42 Å². The molecule has 0 aliphatic heterocycles. The normalized spacial score (nSPS) is 12.0. The van der Waals surface area contributed by atoms with E-state index in [9.17, 15) is 4.79 Å². The fourth-order valence-corrected chi connectivity index (χ4v) is 4.00. The van der Waals surface area contributed by atoms with Gasteiger partial charge in [0.2, 0.25) is 0 Å². The van der Waals surface area contributed by atoms with E-state index in [0.717, 1.165) is 33.7 Å². The van der Waals surface area contributed by atoms with Crippen LogP contribution in [0.3, 0.4) is 0 Å². The molecule has 0 spiro atoms. The van der Waals surface area contributed by atoms with E-state index in [1.165, 1.54) is 5.56 Å². The second kappa shape index (κ2) is 11.1. The first-order chi connectivity index (χ1) is 17.3. The van der Waals surface area contributed by atoms with Gasteiger partial charge in [-0.05, 0) is 44.9 Å². The molecule has 1 heterocycles. The van der Waals surface area contributed by atoms with Crippen molar-refractivity contribution in [2.75, 3.05) is 0 Å². The summed E-state index contributed by atoms with van der Waals surface area (Å²) in [5.74, 6) is -0.352. The third-order valence-electron chi connectivity index (χ3n) is 5.73. The highest BCUT2D eigenvalue weighted by Gasteiger charge is 2.26. The summed E-state index contributed by atoms with van der Waals surface area (Å²) in [6.07, 6.45) is 2.22. The van der Waals surface area contributed by atoms with Crippen LogP contribution in [0.4, 0.5) is 0 Å². The quantitative estimate of drug-likeness (QED) is 0.217. The van der Waals surface area contributed by atoms with Crippen LogP contribution >= 0.6 is 0 Å². The molecule has 4 rings (SSSR count). The molecule has 0 radical (unpaired) electrons. The zero-order valence-electron chi connectivity index (χ0n) is 21.3. The van der Waals surface area contributed by atoms with E-state index in [-0.39, 0.29) is 5.97 Å². The third kappa shape index (κ3) is 6.54. The Hall–Kier alpha value is -4.05. The smallest absolute Gasteiger partial charge is 0.331 e. The molecule has 0 N–H and O–H groups in total. The van der Waals surface area contributed by atoms with E-state index in [1.807, 2.05) is 112 Å². The van der Waals surface area contributed by atoms with Gasteiger partial charge in [-0.1, -0.05) is 91.0 Å². The largest absolute Gasteiger partial charge is 0.458 e. The number of aromatic nitrogens is 1. The first-order valence-corrected chi connectivity index (χ1v) is 12.2. The highest BCUT2D eigenvalue weighted by Crippen LogP contribution is 2.22. The van der Waals surface area contributed by atoms with Crippen LogP contribution in [-0.2, 0) is 16.0 Å². The Bertz CT molecular complexity index is 1280. The molecular weight excluding hydrogens is 444 g/mol. The molecule has 3 aromatic carbocycles. The average Bonchev–Trinajstić information content (AvgIpc) is 2.87. The van der Waals surface area contributed by atoms with Crippen molar-refractivity contribution in [1.82, 2.24) is 4.98 Å². The molecule has 1 atom stereocenters. The molecule has 182 valence electrons. The molecule has 0 saturated heterocycles. The van der Waals surface area contributed by atoms with Gasteiger partial charge in [0.25, 0.3) is 0 Å². The minimum atomic E-state index is -0.717. The topological polar surface area (TPSA) is 51.5 Å². The molecular formula is C32H32N2O2. The maximum atomic E-state index is 13.3. The Morgan fingerprint density at radius 1 is 0.833 bits per heavy atom. The zero-order valence-corrected chi connectivity index (χ0v) is 21.3. The Morgan fingerprint density at radius 3 is 1.94 bits per heavy atom. The van der Waals surface area contributed by atoms with Gasteiger partial charge in [0.15, 0.2) is 6.04 Å². The third-order valence-corrected chi connectivity index (χ3v) is 5.73. The van der Waals surface area contributed by atoms with Crippen LogP contribution in [0.2, 0.25) is 0 Å². The number of rotatable bonds is 7. The monoisotopic (exact) mass is 476 g/mol. The first kappa shape index (κ1) is 25.1. The van der Waals surface area contributed by atoms with Gasteiger partial charge in [-0.25, -0.2) is 4.79 Å². The molecule has 0 amide bonds. The number of aryl methyl sites for hydroxylation is 1. The number of benzene rings is 3. The van der Waals surface area contributed by atoms with E-state index >= 15 is 0 Å². The highest BCUT2D eigenvalue weighted by molar-refractivity contribution is 6.13. The number of hydrogen-bond donors (Lipinski definition) is 0. The molecule has 0 unspecified atom stereocenters. The van der Waals surface area contributed by atoms with Gasteiger partial charge in [-0.3, -0.25) is 9.98 Å². The number of esters is 1. The Morgan fingerprint density at radius 2 is 1.42 bits per heavy atom. The van der Waals surface area contributed by atoms with Crippen molar-refractivity contribution in [1.29, 1.82) is 0 Å². The van der Waals surface area contributed by atoms with Gasteiger partial charge in [0, 0.05) is 29.3 Å². The van der Waals surface area contributed by atoms with E-state index < -0.39 is 11.6 Å². The SMILES string of the molecule is Cc1ccccc1-c1ccc(C[C@H](N=C(c2ccccc2)c2ccccc2)C(=O)OC(C)(C)C)cn1. The van der Waals surface area contributed by atoms with Gasteiger partial charge in [0.1, 0.15) is 5.60 Å². The summed E-state index contributed by atoms with van der Waals surface area (Å²) in [4.78, 5) is 23.0. The number of pyridine rings is 1. The summed E-state index contributed by atoms with van der Waals surface area (Å²) in [5.41, 5.74) is 6.14. The van der Waals surface area contributed by atoms with Crippen molar-refractivity contribution in [3.05, 3.63) is 126 Å². The van der Waals surface area contributed by atoms with Gasteiger partial charge in [0.05, 0.1) is 11.4 Å². The van der Waals surface area contributed by atoms with Crippen molar-refractivity contribution in [2.24, 2.45) is 4.99 Å². The van der Waals surface area contributed by atoms with Crippen LogP contribution < -0.4 is 0 Å². The minimum absolute atomic E-state index is 0.352. The molecule has 0 aliphatic carbocycles. The first-order valence-electron chi connectivity index (χ1n) is 12.2. The lowest BCUT2D eigenvalue weighted by atomic mass is 10.0. The summed E-state index contributed by atoms with van der Waals surface area (Å²) in [7, 11) is 0. The van der Waals surface area contributed by atoms with Crippen molar-refractivity contribution in [2.45, 2.75) is 45.8 Å². The number of nitrogens with zero attached hydrogens (tertiary/aromatic N) is 2. The van der Waals surface area contributed by atoms with Crippen molar-refractivity contribution in [3.8, 4) is 11.3 Å². The Balaban J connectivity index is 1.71. The lowest BCUT2D eigenvalue weighted by Crippen LogP contribution is -2.33. The van der Waals surface area contributed by atoms with Gasteiger partial charge < -0.3 is 4.74 Å². The summed E-state index contributed by atoms with van der Waals surface area (Å²) < 4.78 is 5.79. The number of carbonyl (C=O) groups is 1.